The number of ether oxygens (including phenoxy) is 3. The number of methoxy groups -OCH3 is 2. The molecule has 0 spiro atoms. The topological polar surface area (TPSA) is 82.8 Å². The number of aryl methyl sites for hydroxylation is 2. The molecule has 1 aromatic heterocycles. The molecule has 1 amide bonds. The van der Waals surface area contributed by atoms with E-state index >= 15 is 0 Å². The predicted octanol–water partition coefficient (Wildman–Crippen LogP) is 5.95. The van der Waals surface area contributed by atoms with Crippen LogP contribution in [0, 0.1) is 13.8 Å². The number of nitrogens with zero attached hydrogens (tertiary/aromatic N) is 1. The number of rotatable bonds is 7. The summed E-state index contributed by atoms with van der Waals surface area (Å²) in [4.78, 5) is 13.4. The summed E-state index contributed by atoms with van der Waals surface area (Å²) in [6.07, 6.45) is 0. The lowest BCUT2D eigenvalue weighted by Gasteiger charge is -2.16. The number of fused-ring (bicyclic) bond motifs is 1. The SMILES string of the molecule is COc1cc(OC)c(NC(=O)c2cc3ccccc3cc2OCc2c(C)noc2C)cc1Cl. The average Bonchev–Trinajstić information content (AvgIpc) is 3.14. The maximum absolute atomic E-state index is 13.4. The van der Waals surface area contributed by atoms with Gasteiger partial charge in [-0.15, -0.1) is 0 Å². The van der Waals surface area contributed by atoms with Crippen LogP contribution >= 0.6 is 11.6 Å². The molecule has 0 saturated carbocycles. The molecule has 170 valence electrons. The minimum atomic E-state index is -0.367. The molecular weight excluding hydrogens is 444 g/mol. The molecule has 0 radical (unpaired) electrons. The van der Waals surface area contributed by atoms with Gasteiger partial charge in [-0.25, -0.2) is 0 Å². The molecule has 1 heterocycles. The number of amides is 1. The number of carbonyl (C=O) groups excluding carboxylic acids is 1. The zero-order valence-electron chi connectivity index (χ0n) is 18.7. The van der Waals surface area contributed by atoms with Crippen molar-refractivity contribution in [2.75, 3.05) is 19.5 Å². The van der Waals surface area contributed by atoms with Gasteiger partial charge >= 0.3 is 0 Å². The molecule has 33 heavy (non-hydrogen) atoms. The minimum Gasteiger partial charge on any atom is -0.495 e. The van der Waals surface area contributed by atoms with Crippen LogP contribution in [0.25, 0.3) is 10.8 Å². The lowest BCUT2D eigenvalue weighted by molar-refractivity contribution is 0.102. The first kappa shape index (κ1) is 22.5. The van der Waals surface area contributed by atoms with Crippen molar-refractivity contribution >= 4 is 34.0 Å². The highest BCUT2D eigenvalue weighted by molar-refractivity contribution is 6.32. The van der Waals surface area contributed by atoms with E-state index in [0.29, 0.717) is 39.3 Å². The number of halogens is 1. The van der Waals surface area contributed by atoms with Gasteiger partial charge < -0.3 is 24.1 Å². The molecule has 0 fully saturated rings. The number of anilines is 1. The van der Waals surface area contributed by atoms with Crippen LogP contribution in [0.4, 0.5) is 5.69 Å². The van der Waals surface area contributed by atoms with Crippen molar-refractivity contribution in [3.8, 4) is 17.2 Å². The zero-order chi connectivity index (χ0) is 23.5. The molecule has 1 N–H and O–H groups in total. The van der Waals surface area contributed by atoms with Gasteiger partial charge in [0, 0.05) is 6.07 Å². The monoisotopic (exact) mass is 466 g/mol. The maximum Gasteiger partial charge on any atom is 0.259 e. The molecule has 0 bridgehead atoms. The van der Waals surface area contributed by atoms with Crippen LogP contribution in [0.2, 0.25) is 5.02 Å². The maximum atomic E-state index is 13.4. The Bertz CT molecular complexity index is 1310. The van der Waals surface area contributed by atoms with Gasteiger partial charge in [-0.05, 0) is 42.8 Å². The Morgan fingerprint density at radius 3 is 2.33 bits per heavy atom. The van der Waals surface area contributed by atoms with E-state index in [1.54, 1.807) is 18.2 Å². The second-order valence-electron chi connectivity index (χ2n) is 7.43. The van der Waals surface area contributed by atoms with Gasteiger partial charge in [-0.3, -0.25) is 4.79 Å². The zero-order valence-corrected chi connectivity index (χ0v) is 19.4. The molecule has 0 aliphatic carbocycles. The van der Waals surface area contributed by atoms with E-state index < -0.39 is 0 Å². The van der Waals surface area contributed by atoms with Gasteiger partial charge in [-0.2, -0.15) is 0 Å². The number of hydrogen-bond donors (Lipinski definition) is 1. The van der Waals surface area contributed by atoms with Crippen molar-refractivity contribution in [1.29, 1.82) is 0 Å². The summed E-state index contributed by atoms with van der Waals surface area (Å²) >= 11 is 6.26. The largest absolute Gasteiger partial charge is 0.495 e. The molecule has 0 aliphatic rings. The third-order valence-corrected chi connectivity index (χ3v) is 5.66. The molecule has 8 heteroatoms. The molecule has 0 atom stereocenters. The standard InChI is InChI=1S/C25H23ClN2O5/c1-14-19(15(2)33-28-14)13-32-22-10-17-8-6-5-7-16(17)9-18(22)25(29)27-21-11-20(26)23(30-3)12-24(21)31-4/h5-12H,13H2,1-4H3,(H,27,29). The van der Waals surface area contributed by atoms with Crippen molar-refractivity contribution in [2.45, 2.75) is 20.5 Å². The fourth-order valence-electron chi connectivity index (χ4n) is 3.52. The van der Waals surface area contributed by atoms with Gasteiger partial charge in [0.1, 0.15) is 29.6 Å². The quantitative estimate of drug-likeness (QED) is 0.362. The van der Waals surface area contributed by atoms with Gasteiger partial charge in [0.25, 0.3) is 5.91 Å². The first-order valence-electron chi connectivity index (χ1n) is 10.2. The Morgan fingerprint density at radius 1 is 1.00 bits per heavy atom. The number of nitrogens with one attached hydrogen (secondary N) is 1. The molecule has 0 aliphatic heterocycles. The van der Waals surface area contributed by atoms with E-state index in [2.05, 4.69) is 10.5 Å². The second kappa shape index (κ2) is 9.42. The van der Waals surface area contributed by atoms with Crippen LogP contribution in [0.5, 0.6) is 17.2 Å². The van der Waals surface area contributed by atoms with Crippen molar-refractivity contribution in [1.82, 2.24) is 5.16 Å². The number of aromatic nitrogens is 1. The molecule has 0 saturated heterocycles. The minimum absolute atomic E-state index is 0.220. The fourth-order valence-corrected chi connectivity index (χ4v) is 3.76. The fraction of sp³-hybridized carbons (Fsp3) is 0.200. The Labute approximate surface area is 196 Å². The highest BCUT2D eigenvalue weighted by Crippen LogP contribution is 2.37. The Balaban J connectivity index is 1.70. The van der Waals surface area contributed by atoms with Crippen LogP contribution in [-0.4, -0.2) is 25.3 Å². The Hall–Kier alpha value is -3.71. The molecule has 7 nitrogen and oxygen atoms in total. The van der Waals surface area contributed by atoms with Crippen LogP contribution < -0.4 is 19.5 Å². The number of hydrogen-bond acceptors (Lipinski definition) is 6. The number of benzene rings is 3. The van der Waals surface area contributed by atoms with Gasteiger partial charge in [-0.1, -0.05) is 41.0 Å². The smallest absolute Gasteiger partial charge is 0.259 e. The summed E-state index contributed by atoms with van der Waals surface area (Å²) in [6, 6.07) is 14.6. The van der Waals surface area contributed by atoms with Crippen LogP contribution in [0.15, 0.2) is 53.1 Å². The summed E-state index contributed by atoms with van der Waals surface area (Å²) in [5, 5.41) is 9.05. The van der Waals surface area contributed by atoms with Crippen molar-refractivity contribution in [3.05, 3.63) is 76.1 Å². The van der Waals surface area contributed by atoms with Crippen LogP contribution in [0.3, 0.4) is 0 Å². The first-order valence-corrected chi connectivity index (χ1v) is 10.6. The highest BCUT2D eigenvalue weighted by Gasteiger charge is 2.19. The first-order chi connectivity index (χ1) is 15.9. The Morgan fingerprint density at radius 2 is 1.70 bits per heavy atom. The van der Waals surface area contributed by atoms with E-state index in [-0.39, 0.29) is 12.5 Å². The van der Waals surface area contributed by atoms with E-state index in [1.807, 2.05) is 44.2 Å². The summed E-state index contributed by atoms with van der Waals surface area (Å²) in [5.41, 5.74) is 2.38. The molecule has 4 aromatic rings. The van der Waals surface area contributed by atoms with Crippen molar-refractivity contribution in [3.63, 3.8) is 0 Å². The molecular formula is C25H23ClN2O5. The third kappa shape index (κ3) is 4.59. The van der Waals surface area contributed by atoms with E-state index in [1.165, 1.54) is 14.2 Å². The van der Waals surface area contributed by atoms with Gasteiger partial charge in [0.05, 0.1) is 41.8 Å². The second-order valence-corrected chi connectivity index (χ2v) is 7.84. The Kier molecular flexibility index (Phi) is 6.42. The van der Waals surface area contributed by atoms with Crippen molar-refractivity contribution in [2.24, 2.45) is 0 Å². The van der Waals surface area contributed by atoms with E-state index in [9.17, 15) is 4.79 Å². The molecule has 3 aromatic carbocycles. The number of carbonyl (C=O) groups is 1. The average molecular weight is 467 g/mol. The normalized spacial score (nSPS) is 10.8. The predicted molar refractivity (Wildman–Crippen MR) is 127 cm³/mol. The van der Waals surface area contributed by atoms with Crippen LogP contribution in [-0.2, 0) is 6.61 Å². The van der Waals surface area contributed by atoms with Crippen molar-refractivity contribution < 1.29 is 23.5 Å². The molecule has 0 unspecified atom stereocenters. The third-order valence-electron chi connectivity index (χ3n) is 5.37. The van der Waals surface area contributed by atoms with E-state index in [0.717, 1.165) is 22.0 Å². The summed E-state index contributed by atoms with van der Waals surface area (Å²) < 4.78 is 21.9. The lowest BCUT2D eigenvalue weighted by Crippen LogP contribution is -2.15. The summed E-state index contributed by atoms with van der Waals surface area (Å²) in [5.74, 6) is 1.61. The summed E-state index contributed by atoms with van der Waals surface area (Å²) in [7, 11) is 3.02. The van der Waals surface area contributed by atoms with Crippen LogP contribution in [0.1, 0.15) is 27.4 Å². The summed E-state index contributed by atoms with van der Waals surface area (Å²) in [6.45, 7) is 3.90. The van der Waals surface area contributed by atoms with E-state index in [4.69, 9.17) is 30.3 Å². The lowest BCUT2D eigenvalue weighted by atomic mass is 10.0. The van der Waals surface area contributed by atoms with Gasteiger partial charge in [0.2, 0.25) is 0 Å². The molecule has 4 rings (SSSR count). The highest BCUT2D eigenvalue weighted by atomic mass is 35.5. The van der Waals surface area contributed by atoms with Gasteiger partial charge in [0.15, 0.2) is 0 Å².